The summed E-state index contributed by atoms with van der Waals surface area (Å²) in [5, 5.41) is 0. The number of rotatable bonds is 6. The monoisotopic (exact) mass is 349 g/mol. The van der Waals surface area contributed by atoms with Gasteiger partial charge in [0.05, 0.1) is 18.6 Å². The number of carbonyl (C=O) groups excluding carboxylic acids is 1. The van der Waals surface area contributed by atoms with Gasteiger partial charge in [-0.1, -0.05) is 19.3 Å². The first-order valence-electron chi connectivity index (χ1n) is 8.25. The van der Waals surface area contributed by atoms with Gasteiger partial charge in [-0.05, 0) is 19.8 Å². The van der Waals surface area contributed by atoms with Crippen molar-refractivity contribution in [2.75, 3.05) is 38.6 Å². The quantitative estimate of drug-likeness (QED) is 0.567. The Morgan fingerprint density at radius 2 is 1.87 bits per heavy atom. The summed E-state index contributed by atoms with van der Waals surface area (Å²) in [7, 11) is -4.21. The van der Waals surface area contributed by atoms with Gasteiger partial charge in [0.2, 0.25) is 0 Å². The third-order valence-corrected chi connectivity index (χ3v) is 5.48. The van der Waals surface area contributed by atoms with Crippen LogP contribution in [-0.4, -0.2) is 68.5 Å². The van der Waals surface area contributed by atoms with Gasteiger partial charge >= 0.3 is 5.97 Å². The summed E-state index contributed by atoms with van der Waals surface area (Å²) < 4.78 is 42.4. The van der Waals surface area contributed by atoms with Gasteiger partial charge in [0.15, 0.2) is 0 Å². The Bertz CT molecular complexity index is 494. The summed E-state index contributed by atoms with van der Waals surface area (Å²) in [6.07, 6.45) is 3.76. The summed E-state index contributed by atoms with van der Waals surface area (Å²) in [6, 6.07) is 0. The molecule has 7 nitrogen and oxygen atoms in total. The predicted octanol–water partition coefficient (Wildman–Crippen LogP) is 1.09. The normalized spacial score (nSPS) is 24.1. The van der Waals surface area contributed by atoms with Crippen LogP contribution in [0, 0.1) is 5.41 Å². The number of hydrogen-bond acceptors (Lipinski definition) is 6. The van der Waals surface area contributed by atoms with E-state index in [0.29, 0.717) is 32.8 Å². The molecule has 1 saturated carbocycles. The van der Waals surface area contributed by atoms with Gasteiger partial charge in [-0.25, -0.2) is 0 Å². The molecule has 0 aromatic carbocycles. The molecule has 1 heterocycles. The fourth-order valence-electron chi connectivity index (χ4n) is 3.26. The van der Waals surface area contributed by atoms with Crippen molar-refractivity contribution in [3.63, 3.8) is 0 Å². The highest BCUT2D eigenvalue weighted by atomic mass is 32.2. The van der Waals surface area contributed by atoms with E-state index in [2.05, 4.69) is 0 Å². The van der Waals surface area contributed by atoms with Crippen molar-refractivity contribution >= 4 is 16.1 Å². The van der Waals surface area contributed by atoms with Gasteiger partial charge in [0.25, 0.3) is 10.1 Å². The lowest BCUT2D eigenvalue weighted by Crippen LogP contribution is -2.46. The van der Waals surface area contributed by atoms with Gasteiger partial charge in [-0.3, -0.25) is 14.2 Å². The molecule has 0 bridgehead atoms. The maximum absolute atomic E-state index is 12.5. The lowest BCUT2D eigenvalue weighted by atomic mass is 9.76. The van der Waals surface area contributed by atoms with E-state index >= 15 is 0 Å². The van der Waals surface area contributed by atoms with E-state index in [-0.39, 0.29) is 5.97 Å². The lowest BCUT2D eigenvalue weighted by Gasteiger charge is -2.34. The molecule has 2 aliphatic rings. The van der Waals surface area contributed by atoms with E-state index in [1.54, 1.807) is 0 Å². The lowest BCUT2D eigenvalue weighted by molar-refractivity contribution is -0.162. The van der Waals surface area contributed by atoms with E-state index in [4.69, 9.17) is 14.0 Å². The van der Waals surface area contributed by atoms with Crippen molar-refractivity contribution in [3.05, 3.63) is 0 Å². The molecule has 1 atom stereocenters. The molecule has 2 rings (SSSR count). The highest BCUT2D eigenvalue weighted by molar-refractivity contribution is 7.85. The van der Waals surface area contributed by atoms with Gasteiger partial charge in [-0.2, -0.15) is 8.42 Å². The molecule has 0 amide bonds. The Morgan fingerprint density at radius 1 is 1.26 bits per heavy atom. The molecule has 1 saturated heterocycles. The smallest absolute Gasteiger partial charge is 0.312 e. The Hall–Kier alpha value is -0.700. The average molecular weight is 349 g/mol. The van der Waals surface area contributed by atoms with Crippen molar-refractivity contribution in [3.8, 4) is 0 Å². The Balaban J connectivity index is 1.99. The van der Waals surface area contributed by atoms with E-state index < -0.39 is 27.4 Å². The minimum atomic E-state index is -4.21. The van der Waals surface area contributed by atoms with Gasteiger partial charge in [0, 0.05) is 19.6 Å². The zero-order valence-electron chi connectivity index (χ0n) is 13.7. The molecule has 23 heavy (non-hydrogen) atoms. The second-order valence-corrected chi connectivity index (χ2v) is 8.31. The topological polar surface area (TPSA) is 93.1 Å². The van der Waals surface area contributed by atoms with Crippen molar-refractivity contribution in [1.82, 2.24) is 4.90 Å². The Labute approximate surface area is 138 Å². The largest absolute Gasteiger partial charge is 0.459 e. The van der Waals surface area contributed by atoms with E-state index in [1.807, 2.05) is 11.8 Å². The first kappa shape index (κ1) is 18.6. The third kappa shape index (κ3) is 6.02. The maximum atomic E-state index is 12.5. The summed E-state index contributed by atoms with van der Waals surface area (Å²) in [5.74, 6) is -0.911. The van der Waals surface area contributed by atoms with Gasteiger partial charge in [0.1, 0.15) is 11.9 Å². The van der Waals surface area contributed by atoms with Crippen molar-refractivity contribution in [2.45, 2.75) is 45.1 Å². The van der Waals surface area contributed by atoms with Crippen LogP contribution in [0.1, 0.15) is 39.0 Å². The molecular formula is C15H27NO6S. The molecule has 2 fully saturated rings. The van der Waals surface area contributed by atoms with E-state index in [0.717, 1.165) is 32.1 Å². The minimum Gasteiger partial charge on any atom is -0.459 e. The van der Waals surface area contributed by atoms with Crippen LogP contribution in [0.15, 0.2) is 0 Å². The van der Waals surface area contributed by atoms with E-state index in [1.165, 1.54) is 0 Å². The number of ether oxygens (including phenoxy) is 2. The third-order valence-electron chi connectivity index (χ3n) is 4.69. The van der Waals surface area contributed by atoms with Gasteiger partial charge < -0.3 is 9.47 Å². The molecule has 0 spiro atoms. The van der Waals surface area contributed by atoms with Crippen LogP contribution in [0.25, 0.3) is 0 Å². The van der Waals surface area contributed by atoms with E-state index in [9.17, 15) is 13.2 Å². The molecule has 1 N–H and O–H groups in total. The van der Waals surface area contributed by atoms with Crippen LogP contribution < -0.4 is 0 Å². The highest BCUT2D eigenvalue weighted by Crippen LogP contribution is 2.37. The maximum Gasteiger partial charge on any atom is 0.312 e. The predicted molar refractivity (Wildman–Crippen MR) is 84.7 cm³/mol. The van der Waals surface area contributed by atoms with Crippen LogP contribution in [0.3, 0.4) is 0 Å². The first-order chi connectivity index (χ1) is 10.8. The second-order valence-electron chi connectivity index (χ2n) is 6.81. The van der Waals surface area contributed by atoms with Crippen LogP contribution in [0.5, 0.6) is 0 Å². The number of esters is 1. The average Bonchev–Trinajstić information content (AvgIpc) is 2.47. The molecular weight excluding hydrogens is 322 g/mol. The van der Waals surface area contributed by atoms with Crippen molar-refractivity contribution in [1.29, 1.82) is 0 Å². The van der Waals surface area contributed by atoms with Crippen molar-refractivity contribution in [2.24, 2.45) is 5.41 Å². The number of carbonyl (C=O) groups is 1. The Kier molecular flexibility index (Phi) is 6.41. The van der Waals surface area contributed by atoms with Crippen LogP contribution in [0.2, 0.25) is 0 Å². The molecule has 1 aliphatic heterocycles. The molecule has 1 aliphatic carbocycles. The minimum absolute atomic E-state index is 0.297. The zero-order chi connectivity index (χ0) is 16.9. The van der Waals surface area contributed by atoms with Crippen LogP contribution in [-0.2, 0) is 24.4 Å². The molecule has 0 aromatic heterocycles. The van der Waals surface area contributed by atoms with Crippen LogP contribution >= 0.6 is 0 Å². The second kappa shape index (κ2) is 7.92. The first-order valence-corrected chi connectivity index (χ1v) is 9.86. The number of morpholine rings is 1. The zero-order valence-corrected chi connectivity index (χ0v) is 14.5. The number of nitrogens with zero attached hydrogens (tertiary/aromatic N) is 1. The standard InChI is InChI=1S/C15H27NO6S/c1-15(5-3-2-4-6-15)14(17)22-13(12-23(18,19)20)11-16-7-9-21-10-8-16/h13H,2-12H2,1H3,(H,18,19,20). The fraction of sp³-hybridized carbons (Fsp3) is 0.933. The summed E-state index contributed by atoms with van der Waals surface area (Å²) in [4.78, 5) is 14.5. The fourth-order valence-corrected chi connectivity index (χ4v) is 3.90. The molecule has 1 unspecified atom stereocenters. The Morgan fingerprint density at radius 3 is 2.43 bits per heavy atom. The van der Waals surface area contributed by atoms with Gasteiger partial charge in [-0.15, -0.1) is 0 Å². The summed E-state index contributed by atoms with van der Waals surface area (Å²) in [6.45, 7) is 4.65. The summed E-state index contributed by atoms with van der Waals surface area (Å²) in [5.41, 5.74) is -0.541. The van der Waals surface area contributed by atoms with Crippen molar-refractivity contribution < 1.29 is 27.2 Å². The molecule has 0 radical (unpaired) electrons. The SMILES string of the molecule is CC1(C(=O)OC(CN2CCOCC2)CS(=O)(=O)O)CCCCC1. The molecule has 134 valence electrons. The highest BCUT2D eigenvalue weighted by Gasteiger charge is 2.38. The molecule has 0 aromatic rings. The number of hydrogen-bond donors (Lipinski definition) is 1. The van der Waals surface area contributed by atoms with Crippen LogP contribution in [0.4, 0.5) is 0 Å². The molecule has 8 heteroatoms. The summed E-state index contributed by atoms with van der Waals surface area (Å²) >= 11 is 0.